The summed E-state index contributed by atoms with van der Waals surface area (Å²) >= 11 is 0. The first-order valence-corrected chi connectivity index (χ1v) is 6.49. The topological polar surface area (TPSA) is 44.5 Å². The lowest BCUT2D eigenvalue weighted by molar-refractivity contribution is 0.763. The van der Waals surface area contributed by atoms with Gasteiger partial charge in [-0.05, 0) is 12.5 Å². The zero-order valence-electron chi connectivity index (χ0n) is 10.5. The maximum absolute atomic E-state index is 4.45. The summed E-state index contributed by atoms with van der Waals surface area (Å²) in [6, 6.07) is 8.33. The van der Waals surface area contributed by atoms with E-state index in [1.165, 1.54) is 23.8 Å². The monoisotopic (exact) mass is 239 g/mol. The van der Waals surface area contributed by atoms with Gasteiger partial charge in [-0.2, -0.15) is 0 Å². The van der Waals surface area contributed by atoms with Crippen LogP contribution in [0.4, 0.5) is 0 Å². The zero-order valence-corrected chi connectivity index (χ0v) is 10.5. The number of fused-ring (bicyclic) bond motifs is 1. The van der Waals surface area contributed by atoms with Crippen molar-refractivity contribution in [3.05, 3.63) is 42.5 Å². The number of unbranched alkanes of at least 4 members (excludes halogenated alkanes) is 1. The van der Waals surface area contributed by atoms with Crippen molar-refractivity contribution in [3.63, 3.8) is 0 Å². The van der Waals surface area contributed by atoms with Crippen LogP contribution >= 0.6 is 0 Å². The molecule has 3 nitrogen and oxygen atoms in total. The van der Waals surface area contributed by atoms with Gasteiger partial charge in [0.05, 0.1) is 11.9 Å². The SMILES string of the molecule is CCCCc1ncc(-c2c[nH]c3ccccc23)[nH]1. The summed E-state index contributed by atoms with van der Waals surface area (Å²) in [7, 11) is 0. The minimum Gasteiger partial charge on any atom is -0.360 e. The highest BCUT2D eigenvalue weighted by atomic mass is 14.9. The number of imidazole rings is 1. The van der Waals surface area contributed by atoms with Crippen LogP contribution in [-0.4, -0.2) is 15.0 Å². The summed E-state index contributed by atoms with van der Waals surface area (Å²) < 4.78 is 0. The lowest BCUT2D eigenvalue weighted by Gasteiger charge is -1.95. The first-order valence-electron chi connectivity index (χ1n) is 6.49. The Labute approximate surface area is 106 Å². The van der Waals surface area contributed by atoms with Crippen molar-refractivity contribution in [3.8, 4) is 11.3 Å². The fraction of sp³-hybridized carbons (Fsp3) is 0.267. The first-order chi connectivity index (χ1) is 8.88. The molecule has 3 heteroatoms. The van der Waals surface area contributed by atoms with E-state index in [4.69, 9.17) is 0 Å². The number of nitrogens with one attached hydrogen (secondary N) is 2. The maximum atomic E-state index is 4.45. The van der Waals surface area contributed by atoms with Gasteiger partial charge in [-0.25, -0.2) is 4.98 Å². The molecular formula is C15H17N3. The van der Waals surface area contributed by atoms with Crippen LogP contribution in [-0.2, 0) is 6.42 Å². The van der Waals surface area contributed by atoms with Crippen LogP contribution in [0.15, 0.2) is 36.7 Å². The number of nitrogens with zero attached hydrogens (tertiary/aromatic N) is 1. The molecule has 0 fully saturated rings. The Morgan fingerprint density at radius 3 is 3.00 bits per heavy atom. The van der Waals surface area contributed by atoms with E-state index in [1.54, 1.807) is 0 Å². The second-order valence-corrected chi connectivity index (χ2v) is 4.60. The third-order valence-electron chi connectivity index (χ3n) is 3.27. The molecule has 0 aliphatic rings. The predicted octanol–water partition coefficient (Wildman–Crippen LogP) is 3.90. The molecule has 0 bridgehead atoms. The van der Waals surface area contributed by atoms with E-state index in [2.05, 4.69) is 40.1 Å². The third-order valence-corrected chi connectivity index (χ3v) is 3.27. The van der Waals surface area contributed by atoms with Crippen molar-refractivity contribution in [1.82, 2.24) is 15.0 Å². The van der Waals surface area contributed by atoms with Crippen molar-refractivity contribution in [2.24, 2.45) is 0 Å². The van der Waals surface area contributed by atoms with Gasteiger partial charge in [0.25, 0.3) is 0 Å². The molecule has 2 aromatic heterocycles. The van der Waals surface area contributed by atoms with Crippen molar-refractivity contribution in [2.75, 3.05) is 0 Å². The molecule has 0 aliphatic carbocycles. The van der Waals surface area contributed by atoms with Gasteiger partial charge in [-0.3, -0.25) is 0 Å². The van der Waals surface area contributed by atoms with E-state index >= 15 is 0 Å². The largest absolute Gasteiger partial charge is 0.360 e. The molecule has 2 heterocycles. The summed E-state index contributed by atoms with van der Waals surface area (Å²) in [5.74, 6) is 1.08. The van der Waals surface area contributed by atoms with Crippen molar-refractivity contribution in [2.45, 2.75) is 26.2 Å². The van der Waals surface area contributed by atoms with Crippen LogP contribution in [0.2, 0.25) is 0 Å². The van der Waals surface area contributed by atoms with Gasteiger partial charge in [-0.1, -0.05) is 31.5 Å². The third kappa shape index (κ3) is 1.92. The van der Waals surface area contributed by atoms with Gasteiger partial charge in [0, 0.05) is 29.1 Å². The number of aromatic amines is 2. The maximum Gasteiger partial charge on any atom is 0.106 e. The molecule has 1 aromatic carbocycles. The predicted molar refractivity (Wildman–Crippen MR) is 74.5 cm³/mol. The average Bonchev–Trinajstić information content (AvgIpc) is 3.02. The Hall–Kier alpha value is -2.03. The Morgan fingerprint density at radius 1 is 1.22 bits per heavy atom. The molecule has 0 spiro atoms. The fourth-order valence-electron chi connectivity index (χ4n) is 2.26. The Morgan fingerprint density at radius 2 is 2.11 bits per heavy atom. The Bertz CT molecular complexity index is 648. The number of H-pyrrole nitrogens is 2. The molecular weight excluding hydrogens is 222 g/mol. The highest BCUT2D eigenvalue weighted by molar-refractivity contribution is 5.94. The molecule has 0 saturated heterocycles. The number of rotatable bonds is 4. The quantitative estimate of drug-likeness (QED) is 0.712. The van der Waals surface area contributed by atoms with Crippen LogP contribution in [0.5, 0.6) is 0 Å². The molecule has 3 rings (SSSR count). The number of aryl methyl sites for hydroxylation is 1. The number of hydrogen-bond donors (Lipinski definition) is 2. The lowest BCUT2D eigenvalue weighted by atomic mass is 10.1. The van der Waals surface area contributed by atoms with Crippen LogP contribution in [0, 0.1) is 0 Å². The van der Waals surface area contributed by atoms with E-state index in [0.29, 0.717) is 0 Å². The van der Waals surface area contributed by atoms with Crippen molar-refractivity contribution >= 4 is 10.9 Å². The first kappa shape index (κ1) is 11.1. The number of hydrogen-bond acceptors (Lipinski definition) is 1. The molecule has 3 aromatic rings. The molecule has 0 unspecified atom stereocenters. The van der Waals surface area contributed by atoms with E-state index in [9.17, 15) is 0 Å². The summed E-state index contributed by atoms with van der Waals surface area (Å²) in [5, 5.41) is 1.24. The fourth-order valence-corrected chi connectivity index (χ4v) is 2.26. The molecule has 0 aliphatic heterocycles. The van der Waals surface area contributed by atoms with E-state index in [-0.39, 0.29) is 0 Å². The van der Waals surface area contributed by atoms with E-state index in [1.807, 2.05) is 18.5 Å². The average molecular weight is 239 g/mol. The molecule has 2 N–H and O–H groups in total. The zero-order chi connectivity index (χ0) is 12.4. The number of para-hydroxylation sites is 1. The standard InChI is InChI=1S/C15H17N3/c1-2-3-8-15-17-10-14(18-15)12-9-16-13-7-5-4-6-11(12)13/h4-7,9-10,16H,2-3,8H2,1H3,(H,17,18). The van der Waals surface area contributed by atoms with Gasteiger partial charge >= 0.3 is 0 Å². The molecule has 0 radical (unpaired) electrons. The molecule has 0 amide bonds. The van der Waals surface area contributed by atoms with Crippen LogP contribution in [0.3, 0.4) is 0 Å². The van der Waals surface area contributed by atoms with Gasteiger partial charge < -0.3 is 9.97 Å². The van der Waals surface area contributed by atoms with Crippen LogP contribution in [0.25, 0.3) is 22.2 Å². The highest BCUT2D eigenvalue weighted by Crippen LogP contribution is 2.27. The smallest absolute Gasteiger partial charge is 0.106 e. The molecule has 0 saturated carbocycles. The molecule has 18 heavy (non-hydrogen) atoms. The lowest BCUT2D eigenvalue weighted by Crippen LogP contribution is -1.86. The summed E-state index contributed by atoms with van der Waals surface area (Å²) in [6.07, 6.45) is 7.38. The second kappa shape index (κ2) is 4.69. The Kier molecular flexibility index (Phi) is 2.89. The van der Waals surface area contributed by atoms with E-state index < -0.39 is 0 Å². The highest BCUT2D eigenvalue weighted by Gasteiger charge is 2.08. The number of aromatic nitrogens is 3. The van der Waals surface area contributed by atoms with Gasteiger partial charge in [0.15, 0.2) is 0 Å². The van der Waals surface area contributed by atoms with Gasteiger partial charge in [-0.15, -0.1) is 0 Å². The Balaban J connectivity index is 1.96. The molecule has 0 atom stereocenters. The number of benzene rings is 1. The van der Waals surface area contributed by atoms with Crippen molar-refractivity contribution in [1.29, 1.82) is 0 Å². The molecule has 92 valence electrons. The van der Waals surface area contributed by atoms with Crippen LogP contribution in [0.1, 0.15) is 25.6 Å². The normalized spacial score (nSPS) is 11.2. The van der Waals surface area contributed by atoms with Gasteiger partial charge in [0.1, 0.15) is 5.82 Å². The summed E-state index contributed by atoms with van der Waals surface area (Å²) in [4.78, 5) is 11.1. The van der Waals surface area contributed by atoms with Gasteiger partial charge in [0.2, 0.25) is 0 Å². The summed E-state index contributed by atoms with van der Waals surface area (Å²) in [6.45, 7) is 2.20. The van der Waals surface area contributed by atoms with Crippen LogP contribution < -0.4 is 0 Å². The van der Waals surface area contributed by atoms with Crippen molar-refractivity contribution < 1.29 is 0 Å². The minimum absolute atomic E-state index is 1.03. The van der Waals surface area contributed by atoms with E-state index in [0.717, 1.165) is 23.5 Å². The second-order valence-electron chi connectivity index (χ2n) is 4.60. The minimum atomic E-state index is 1.03. The summed E-state index contributed by atoms with van der Waals surface area (Å²) in [5.41, 5.74) is 3.46.